The van der Waals surface area contributed by atoms with Crippen molar-refractivity contribution in [3.63, 3.8) is 0 Å². The maximum Gasteiger partial charge on any atom is 0.410 e. The van der Waals surface area contributed by atoms with Crippen molar-refractivity contribution in [1.82, 2.24) is 19.7 Å². The van der Waals surface area contributed by atoms with E-state index in [0.717, 1.165) is 25.7 Å². The van der Waals surface area contributed by atoms with Crippen LogP contribution >= 0.6 is 0 Å². The number of pyridine rings is 1. The molecule has 10 nitrogen and oxygen atoms in total. The molecule has 0 aromatic carbocycles. The Morgan fingerprint density at radius 1 is 1.11 bits per heavy atom. The molecule has 1 aromatic heterocycles. The van der Waals surface area contributed by atoms with Gasteiger partial charge in [0.05, 0.1) is 12.1 Å². The van der Waals surface area contributed by atoms with Crippen LogP contribution < -0.4 is 10.9 Å². The van der Waals surface area contributed by atoms with Crippen molar-refractivity contribution in [2.75, 3.05) is 13.1 Å². The number of nitrogens with zero attached hydrogens (tertiary/aromatic N) is 3. The van der Waals surface area contributed by atoms with E-state index in [1.165, 1.54) is 4.90 Å². The summed E-state index contributed by atoms with van der Waals surface area (Å²) in [4.78, 5) is 65.5. The summed E-state index contributed by atoms with van der Waals surface area (Å²) in [6.45, 7) is 6.96. The van der Waals surface area contributed by atoms with Gasteiger partial charge in [-0.2, -0.15) is 0 Å². The van der Waals surface area contributed by atoms with Gasteiger partial charge in [0, 0.05) is 37.3 Å². The zero-order valence-corrected chi connectivity index (χ0v) is 20.5. The number of imide groups is 1. The van der Waals surface area contributed by atoms with E-state index in [2.05, 4.69) is 5.32 Å². The fraction of sp³-hybridized carbons (Fsp3) is 0.640. The van der Waals surface area contributed by atoms with Crippen molar-refractivity contribution in [2.45, 2.75) is 83.5 Å². The minimum atomic E-state index is -0.734. The Bertz CT molecular complexity index is 1150. The molecule has 1 aromatic rings. The molecule has 188 valence electrons. The van der Waals surface area contributed by atoms with Gasteiger partial charge in [-0.3, -0.25) is 24.5 Å². The Morgan fingerprint density at radius 3 is 2.43 bits per heavy atom. The molecule has 3 fully saturated rings. The fourth-order valence-corrected chi connectivity index (χ4v) is 5.90. The summed E-state index contributed by atoms with van der Waals surface area (Å²) in [5.41, 5.74) is 0.184. The molecule has 5 rings (SSSR count). The molecule has 2 saturated heterocycles. The van der Waals surface area contributed by atoms with Crippen LogP contribution in [0.5, 0.6) is 0 Å². The molecule has 4 aliphatic rings. The molecular formula is C25H32N4O6. The summed E-state index contributed by atoms with van der Waals surface area (Å²) in [5, 5.41) is 2.28. The first kappa shape index (κ1) is 23.6. The van der Waals surface area contributed by atoms with E-state index in [1.54, 1.807) is 21.7 Å². The molecular weight excluding hydrogens is 452 g/mol. The molecule has 0 unspecified atom stereocenters. The quantitative estimate of drug-likeness (QED) is 0.641. The van der Waals surface area contributed by atoms with Gasteiger partial charge in [0.15, 0.2) is 0 Å². The third-order valence-corrected chi connectivity index (χ3v) is 7.83. The minimum Gasteiger partial charge on any atom is -0.444 e. The molecule has 0 radical (unpaired) electrons. The maximum absolute atomic E-state index is 13.3. The Morgan fingerprint density at radius 2 is 1.80 bits per heavy atom. The Labute approximate surface area is 203 Å². The summed E-state index contributed by atoms with van der Waals surface area (Å²) in [6, 6.07) is 1.00. The normalized spacial score (nSPS) is 24.3. The summed E-state index contributed by atoms with van der Waals surface area (Å²) in [6.07, 6.45) is 5.34. The highest BCUT2D eigenvalue weighted by Gasteiger charge is 2.48. The van der Waals surface area contributed by atoms with Crippen LogP contribution in [0, 0.1) is 5.41 Å². The Hall–Kier alpha value is -3.17. The fourth-order valence-electron chi connectivity index (χ4n) is 5.90. The zero-order valence-electron chi connectivity index (χ0n) is 20.5. The van der Waals surface area contributed by atoms with Crippen molar-refractivity contribution in [1.29, 1.82) is 0 Å². The zero-order chi connectivity index (χ0) is 25.1. The molecule has 10 heteroatoms. The van der Waals surface area contributed by atoms with E-state index < -0.39 is 17.6 Å². The first-order valence-corrected chi connectivity index (χ1v) is 12.3. The molecule has 1 N–H and O–H groups in total. The standard InChI is InChI=1S/C25H32N4O6/c1-24(2,3)35-23(34)27-10-7-25(8-11-27)12-15(13-25)28-9-6-16-17(22(28)33)14-29(21(16)32)18-4-5-19(30)26-20(18)31/h6,9,15,18H,4-5,7-8,10-14H2,1-3H3,(H,26,30,31)/t18-/m1/s1. The number of amides is 4. The third kappa shape index (κ3) is 4.23. The van der Waals surface area contributed by atoms with Crippen molar-refractivity contribution in [3.8, 4) is 0 Å². The first-order valence-electron chi connectivity index (χ1n) is 12.3. The number of hydrogen-bond donors (Lipinski definition) is 1. The highest BCUT2D eigenvalue weighted by atomic mass is 16.6. The number of fused-ring (bicyclic) bond motifs is 1. The van der Waals surface area contributed by atoms with E-state index in [0.29, 0.717) is 24.2 Å². The van der Waals surface area contributed by atoms with Crippen molar-refractivity contribution >= 4 is 23.8 Å². The summed E-state index contributed by atoms with van der Waals surface area (Å²) < 4.78 is 7.21. The molecule has 35 heavy (non-hydrogen) atoms. The van der Waals surface area contributed by atoms with E-state index >= 15 is 0 Å². The van der Waals surface area contributed by atoms with Gasteiger partial charge < -0.3 is 19.1 Å². The van der Waals surface area contributed by atoms with Gasteiger partial charge in [0.25, 0.3) is 11.5 Å². The number of hydrogen-bond acceptors (Lipinski definition) is 6. The van der Waals surface area contributed by atoms with Gasteiger partial charge in [-0.25, -0.2) is 4.79 Å². The molecule has 0 bridgehead atoms. The van der Waals surface area contributed by atoms with E-state index in [-0.39, 0.29) is 54.3 Å². The van der Waals surface area contributed by atoms with E-state index in [9.17, 15) is 24.0 Å². The van der Waals surface area contributed by atoms with Crippen molar-refractivity contribution < 1.29 is 23.9 Å². The number of piperidine rings is 2. The first-order chi connectivity index (χ1) is 16.5. The predicted molar refractivity (Wildman–Crippen MR) is 124 cm³/mol. The van der Waals surface area contributed by atoms with Crippen LogP contribution in [-0.2, 0) is 20.9 Å². The van der Waals surface area contributed by atoms with Gasteiger partial charge in [0.2, 0.25) is 11.8 Å². The van der Waals surface area contributed by atoms with Crippen molar-refractivity contribution in [3.05, 3.63) is 33.7 Å². The smallest absolute Gasteiger partial charge is 0.410 e. The Kier molecular flexibility index (Phi) is 5.52. The van der Waals surface area contributed by atoms with Crippen LogP contribution in [0.3, 0.4) is 0 Å². The molecule has 4 heterocycles. The van der Waals surface area contributed by atoms with E-state index in [1.807, 2.05) is 20.8 Å². The third-order valence-electron chi connectivity index (χ3n) is 7.83. The number of aromatic nitrogens is 1. The van der Waals surface area contributed by atoms with Gasteiger partial charge in [0.1, 0.15) is 11.6 Å². The van der Waals surface area contributed by atoms with Gasteiger partial charge >= 0.3 is 6.09 Å². The van der Waals surface area contributed by atoms with E-state index in [4.69, 9.17) is 4.74 Å². The monoisotopic (exact) mass is 484 g/mol. The minimum absolute atomic E-state index is 0.0561. The summed E-state index contributed by atoms with van der Waals surface area (Å²) in [5.74, 6) is -1.16. The van der Waals surface area contributed by atoms with Crippen LogP contribution in [0.1, 0.15) is 81.3 Å². The highest BCUT2D eigenvalue weighted by molar-refractivity contribution is 6.05. The van der Waals surface area contributed by atoms with Crippen LogP contribution in [0.15, 0.2) is 17.1 Å². The predicted octanol–water partition coefficient (Wildman–Crippen LogP) is 1.96. The lowest BCUT2D eigenvalue weighted by atomic mass is 9.60. The largest absolute Gasteiger partial charge is 0.444 e. The second-order valence-corrected chi connectivity index (χ2v) is 11.3. The highest BCUT2D eigenvalue weighted by Crippen LogP contribution is 2.54. The summed E-state index contributed by atoms with van der Waals surface area (Å²) in [7, 11) is 0. The van der Waals surface area contributed by atoms with Crippen molar-refractivity contribution in [2.24, 2.45) is 5.41 Å². The lowest BCUT2D eigenvalue weighted by molar-refractivity contribution is -0.136. The number of carbonyl (C=O) groups excluding carboxylic acids is 4. The lowest BCUT2D eigenvalue weighted by Crippen LogP contribution is -2.52. The Balaban J connectivity index is 1.23. The van der Waals surface area contributed by atoms with Crippen LogP contribution in [-0.4, -0.2) is 62.9 Å². The van der Waals surface area contributed by atoms with Gasteiger partial charge in [-0.15, -0.1) is 0 Å². The SMILES string of the molecule is CC(C)(C)OC(=O)N1CCC2(CC1)CC(n1ccc3c(c1=O)CN([C@@H]1CCC(=O)NC1=O)C3=O)C2. The number of nitrogens with one attached hydrogen (secondary N) is 1. The molecule has 3 aliphatic heterocycles. The van der Waals surface area contributed by atoms with Crippen LogP contribution in [0.4, 0.5) is 4.79 Å². The topological polar surface area (TPSA) is 118 Å². The number of likely N-dealkylation sites (tertiary alicyclic amines) is 1. The second-order valence-electron chi connectivity index (χ2n) is 11.3. The van der Waals surface area contributed by atoms with Gasteiger partial charge in [-0.1, -0.05) is 0 Å². The molecule has 4 amide bonds. The average molecular weight is 485 g/mol. The van der Waals surface area contributed by atoms with Crippen LogP contribution in [0.25, 0.3) is 0 Å². The maximum atomic E-state index is 13.3. The number of rotatable bonds is 2. The second kappa shape index (κ2) is 8.20. The average Bonchev–Trinajstić information content (AvgIpc) is 3.09. The molecule has 1 atom stereocenters. The number of ether oxygens (including phenoxy) is 1. The van der Waals surface area contributed by atoms with Gasteiger partial charge in [-0.05, 0) is 64.4 Å². The number of carbonyl (C=O) groups is 4. The molecule has 1 saturated carbocycles. The molecule has 1 spiro atoms. The molecule has 1 aliphatic carbocycles. The lowest BCUT2D eigenvalue weighted by Gasteiger charge is -2.52. The van der Waals surface area contributed by atoms with Crippen LogP contribution in [0.2, 0.25) is 0 Å². The summed E-state index contributed by atoms with van der Waals surface area (Å²) >= 11 is 0.